The third-order valence-corrected chi connectivity index (χ3v) is 15.7. The van der Waals surface area contributed by atoms with Crippen LogP contribution < -0.4 is 10.2 Å². The van der Waals surface area contributed by atoms with E-state index in [0.717, 1.165) is 38.5 Å². The second-order valence-corrected chi connectivity index (χ2v) is 24.5. The van der Waals surface area contributed by atoms with E-state index in [-0.39, 0.29) is 19.1 Å². The van der Waals surface area contributed by atoms with E-state index in [4.69, 9.17) is 9.05 Å². The molecule has 0 aromatic heterocycles. The number of unbranched alkanes of at least 4 members (excludes halogenated alkanes) is 44. The van der Waals surface area contributed by atoms with Crippen LogP contribution in [0, 0.1) is 0 Å². The Hall–Kier alpha value is -0.760. The van der Waals surface area contributed by atoms with Crippen LogP contribution in [0.15, 0.2) is 12.2 Å². The number of hydrogen-bond donors (Lipinski definition) is 2. The predicted molar refractivity (Wildman–Crippen MR) is 307 cm³/mol. The predicted octanol–water partition coefficient (Wildman–Crippen LogP) is 18.8. The molecule has 0 rings (SSSR count). The fourth-order valence-corrected chi connectivity index (χ4v) is 10.5. The van der Waals surface area contributed by atoms with Gasteiger partial charge in [0.1, 0.15) is 13.2 Å². The number of allylic oxidation sites excluding steroid dienone is 2. The first-order valence-corrected chi connectivity index (χ1v) is 33.0. The minimum Gasteiger partial charge on any atom is -0.756 e. The van der Waals surface area contributed by atoms with Gasteiger partial charge in [-0.25, -0.2) is 0 Å². The molecule has 0 aliphatic heterocycles. The van der Waals surface area contributed by atoms with E-state index in [1.165, 1.54) is 263 Å². The number of carbonyl (C=O) groups is 1. The van der Waals surface area contributed by atoms with Crippen molar-refractivity contribution in [3.05, 3.63) is 12.2 Å². The van der Waals surface area contributed by atoms with Gasteiger partial charge in [0.25, 0.3) is 7.82 Å². The molecule has 3 unspecified atom stereocenters. The molecule has 2 N–H and O–H groups in total. The van der Waals surface area contributed by atoms with Gasteiger partial charge in [0.05, 0.1) is 39.9 Å². The van der Waals surface area contributed by atoms with E-state index in [1.807, 2.05) is 21.1 Å². The molecule has 0 saturated heterocycles. The number of phosphoric ester groups is 1. The number of quaternary nitrogens is 1. The van der Waals surface area contributed by atoms with Crippen molar-refractivity contribution in [2.75, 3.05) is 40.9 Å². The largest absolute Gasteiger partial charge is 0.756 e. The highest BCUT2D eigenvalue weighted by molar-refractivity contribution is 7.45. The normalized spacial score (nSPS) is 13.8. The van der Waals surface area contributed by atoms with E-state index in [9.17, 15) is 19.4 Å². The molecule has 0 fully saturated rings. The van der Waals surface area contributed by atoms with Crippen LogP contribution in [0.4, 0.5) is 0 Å². The molecule has 3 atom stereocenters. The summed E-state index contributed by atoms with van der Waals surface area (Å²) in [5, 5.41) is 14.1. The molecule has 9 heteroatoms. The summed E-state index contributed by atoms with van der Waals surface area (Å²) >= 11 is 0. The Morgan fingerprint density at radius 2 is 0.775 bits per heavy atom. The average Bonchev–Trinajstić information content (AvgIpc) is 3.33. The van der Waals surface area contributed by atoms with Gasteiger partial charge in [0.15, 0.2) is 0 Å². The lowest BCUT2D eigenvalue weighted by atomic mass is 10.0. The summed E-state index contributed by atoms with van der Waals surface area (Å²) in [7, 11) is 1.32. The lowest BCUT2D eigenvalue weighted by Gasteiger charge is -2.30. The molecule has 1 amide bonds. The highest BCUT2D eigenvalue weighted by Crippen LogP contribution is 2.38. The van der Waals surface area contributed by atoms with Crippen molar-refractivity contribution in [3.63, 3.8) is 0 Å². The third-order valence-electron chi connectivity index (χ3n) is 14.8. The van der Waals surface area contributed by atoms with Gasteiger partial charge in [-0.05, 0) is 38.5 Å². The van der Waals surface area contributed by atoms with Gasteiger partial charge >= 0.3 is 0 Å². The van der Waals surface area contributed by atoms with Crippen LogP contribution in [0.2, 0.25) is 0 Å². The van der Waals surface area contributed by atoms with Crippen LogP contribution in [-0.4, -0.2) is 68.5 Å². The van der Waals surface area contributed by atoms with E-state index in [1.54, 1.807) is 0 Å². The zero-order chi connectivity index (χ0) is 52.0. The fraction of sp³-hybridized carbons (Fsp3) is 0.952. The standard InChI is InChI=1S/C62H125N2O6P/c1-6-8-10-12-14-16-18-20-22-24-26-28-30-32-34-36-38-40-42-44-46-48-50-52-54-56-62(66)63-60(59-70-71(67,68)69-58-57-64(3,4)5)61(65)55-53-51-49-47-45-43-41-39-37-35-33-31-29-27-25-23-21-19-17-15-13-11-9-7-2/h24,26,60-61,65H,6-23,25,27-59H2,1-5H3,(H-,63,66,67,68)/b26-24-. The number of aliphatic hydroxyl groups is 1. The minimum absolute atomic E-state index is 0.0152. The molecule has 71 heavy (non-hydrogen) atoms. The number of aliphatic hydroxyl groups excluding tert-OH is 1. The van der Waals surface area contributed by atoms with Gasteiger partial charge in [0, 0.05) is 6.42 Å². The molecule has 0 saturated carbocycles. The maximum absolute atomic E-state index is 13.0. The number of amides is 1. The number of carbonyl (C=O) groups excluding carboxylic acids is 1. The second kappa shape index (κ2) is 54.0. The maximum Gasteiger partial charge on any atom is 0.268 e. The summed E-state index contributed by atoms with van der Waals surface area (Å²) in [5.74, 6) is -0.158. The Labute approximate surface area is 443 Å². The first kappa shape index (κ1) is 70.2. The molecular weight excluding hydrogens is 900 g/mol. The Kier molecular flexibility index (Phi) is 53.5. The smallest absolute Gasteiger partial charge is 0.268 e. The molecule has 8 nitrogen and oxygen atoms in total. The van der Waals surface area contributed by atoms with Crippen LogP contribution in [-0.2, 0) is 18.4 Å². The molecule has 0 aromatic carbocycles. The topological polar surface area (TPSA) is 108 Å². The minimum atomic E-state index is -4.57. The molecule has 0 aromatic rings. The van der Waals surface area contributed by atoms with Gasteiger partial charge < -0.3 is 28.8 Å². The van der Waals surface area contributed by atoms with Crippen LogP contribution in [0.3, 0.4) is 0 Å². The second-order valence-electron chi connectivity index (χ2n) is 23.1. The molecular formula is C62H125N2O6P. The number of hydrogen-bond acceptors (Lipinski definition) is 6. The van der Waals surface area contributed by atoms with Crippen LogP contribution in [0.25, 0.3) is 0 Å². The molecule has 0 heterocycles. The average molecular weight is 1030 g/mol. The van der Waals surface area contributed by atoms with Crippen LogP contribution in [0.5, 0.6) is 0 Å². The fourth-order valence-electron chi connectivity index (χ4n) is 9.80. The summed E-state index contributed by atoms with van der Waals surface area (Å²) in [6, 6.07) is -0.798. The zero-order valence-corrected chi connectivity index (χ0v) is 49.4. The van der Waals surface area contributed by atoms with Gasteiger partial charge in [-0.2, -0.15) is 0 Å². The first-order chi connectivity index (χ1) is 34.5. The number of rotatable bonds is 59. The molecule has 0 aliphatic carbocycles. The number of phosphoric acid groups is 1. The molecule has 0 radical (unpaired) electrons. The molecule has 0 aliphatic rings. The summed E-state index contributed by atoms with van der Waals surface area (Å²) in [5.41, 5.74) is 0. The lowest BCUT2D eigenvalue weighted by Crippen LogP contribution is -2.46. The molecule has 0 bridgehead atoms. The van der Waals surface area contributed by atoms with Gasteiger partial charge in [0.2, 0.25) is 5.91 Å². The van der Waals surface area contributed by atoms with Crippen molar-refractivity contribution in [1.82, 2.24) is 5.32 Å². The van der Waals surface area contributed by atoms with E-state index >= 15 is 0 Å². The van der Waals surface area contributed by atoms with Crippen molar-refractivity contribution in [3.8, 4) is 0 Å². The van der Waals surface area contributed by atoms with Gasteiger partial charge in [-0.1, -0.05) is 296 Å². The Balaban J connectivity index is 4.08. The van der Waals surface area contributed by atoms with Crippen molar-refractivity contribution < 1.29 is 32.9 Å². The number of likely N-dealkylation sites (N-methyl/N-ethyl adjacent to an activating group) is 1. The first-order valence-electron chi connectivity index (χ1n) is 31.5. The number of nitrogens with one attached hydrogen (secondary N) is 1. The third kappa shape index (κ3) is 56.8. The summed E-state index contributed by atoms with van der Waals surface area (Å²) in [6.45, 7) is 4.78. The summed E-state index contributed by atoms with van der Waals surface area (Å²) in [6.07, 6.45) is 66.8. The summed E-state index contributed by atoms with van der Waals surface area (Å²) in [4.78, 5) is 25.6. The lowest BCUT2D eigenvalue weighted by molar-refractivity contribution is -0.870. The monoisotopic (exact) mass is 1020 g/mol. The van der Waals surface area contributed by atoms with E-state index in [0.29, 0.717) is 23.9 Å². The van der Waals surface area contributed by atoms with Gasteiger partial charge in [-0.3, -0.25) is 9.36 Å². The van der Waals surface area contributed by atoms with Crippen molar-refractivity contribution in [1.29, 1.82) is 0 Å². The Bertz CT molecular complexity index is 1160. The van der Waals surface area contributed by atoms with Crippen molar-refractivity contribution in [2.24, 2.45) is 0 Å². The zero-order valence-electron chi connectivity index (χ0n) is 48.5. The van der Waals surface area contributed by atoms with Crippen molar-refractivity contribution >= 4 is 13.7 Å². The molecule has 424 valence electrons. The molecule has 0 spiro atoms. The highest BCUT2D eigenvalue weighted by atomic mass is 31.2. The SMILES string of the molecule is CCCCCCCCCC/C=C\CCCCCCCCCCCCCCCC(=O)NC(COP(=O)([O-])OCC[N+](C)(C)C)C(O)CCCCCCCCCCCCCCCCCCCCCCCCCC. The number of nitrogens with zero attached hydrogens (tertiary/aromatic N) is 1. The van der Waals surface area contributed by atoms with E-state index < -0.39 is 20.0 Å². The van der Waals surface area contributed by atoms with Crippen molar-refractivity contribution in [2.45, 2.75) is 341 Å². The van der Waals surface area contributed by atoms with E-state index in [2.05, 4.69) is 31.3 Å². The highest BCUT2D eigenvalue weighted by Gasteiger charge is 2.24. The summed E-state index contributed by atoms with van der Waals surface area (Å²) < 4.78 is 23.5. The maximum atomic E-state index is 13.0. The van der Waals surface area contributed by atoms with Crippen LogP contribution >= 0.6 is 7.82 Å². The quantitative estimate of drug-likeness (QED) is 0.0272. The van der Waals surface area contributed by atoms with Gasteiger partial charge in [-0.15, -0.1) is 0 Å². The Morgan fingerprint density at radius 1 is 0.479 bits per heavy atom. The van der Waals surface area contributed by atoms with Crippen LogP contribution in [0.1, 0.15) is 328 Å². The Morgan fingerprint density at radius 3 is 1.10 bits per heavy atom.